The van der Waals surface area contributed by atoms with Crippen LogP contribution in [0.15, 0.2) is 55.0 Å². The number of carbonyl (C=O) groups is 1. The molecule has 1 aromatic carbocycles. The summed E-state index contributed by atoms with van der Waals surface area (Å²) in [5.41, 5.74) is 2.76. The fourth-order valence-electron chi connectivity index (χ4n) is 3.80. The van der Waals surface area contributed by atoms with Gasteiger partial charge in [-0.25, -0.2) is 15.0 Å². The van der Waals surface area contributed by atoms with Crippen molar-refractivity contribution in [1.29, 1.82) is 0 Å². The van der Waals surface area contributed by atoms with E-state index in [1.54, 1.807) is 31.8 Å². The first-order chi connectivity index (χ1) is 16.2. The summed E-state index contributed by atoms with van der Waals surface area (Å²) in [5, 5.41) is 3.66. The predicted molar refractivity (Wildman–Crippen MR) is 131 cm³/mol. The monoisotopic (exact) mass is 459 g/mol. The maximum atomic E-state index is 13.1. The minimum Gasteiger partial charge on any atom is -0.427 e. The van der Waals surface area contributed by atoms with Crippen molar-refractivity contribution >= 4 is 46.5 Å². The minimum absolute atomic E-state index is 0.277. The van der Waals surface area contributed by atoms with Crippen molar-refractivity contribution in [3.8, 4) is 10.8 Å². The minimum atomic E-state index is -0.313. The van der Waals surface area contributed by atoms with Crippen molar-refractivity contribution in [2.45, 2.75) is 0 Å². The maximum absolute atomic E-state index is 13.1. The number of amides is 1. The van der Waals surface area contributed by atoms with Gasteiger partial charge in [0.15, 0.2) is 10.8 Å². The number of carbonyl (C=O) groups excluding carboxylic acids is 1. The van der Waals surface area contributed by atoms with Gasteiger partial charge in [0.05, 0.1) is 27.8 Å². The van der Waals surface area contributed by atoms with Crippen LogP contribution in [0.5, 0.6) is 0 Å². The summed E-state index contributed by atoms with van der Waals surface area (Å²) < 4.78 is 6.28. The van der Waals surface area contributed by atoms with Gasteiger partial charge in [-0.1, -0.05) is 12.1 Å². The van der Waals surface area contributed by atoms with Gasteiger partial charge < -0.3 is 19.7 Å². The number of piperazine rings is 1. The zero-order valence-electron chi connectivity index (χ0n) is 18.1. The van der Waals surface area contributed by atoms with Crippen LogP contribution in [-0.2, 0) is 4.65 Å². The number of benzene rings is 1. The second kappa shape index (κ2) is 9.61. The number of fused-ring (bicyclic) bond motifs is 1. The molecule has 1 amide bonds. The highest BCUT2D eigenvalue weighted by molar-refractivity contribution is 7.21. The molecule has 1 N–H and O–H groups in total. The normalized spacial score (nSPS) is 14.4. The molecule has 11 heteroatoms. The number of hydrogen-bond donors (Lipinski definition) is 1. The molecule has 0 spiro atoms. The lowest BCUT2D eigenvalue weighted by Gasteiger charge is -2.36. The van der Waals surface area contributed by atoms with E-state index in [1.807, 2.05) is 30.3 Å². The first-order valence-electron chi connectivity index (χ1n) is 10.6. The van der Waals surface area contributed by atoms with Gasteiger partial charge in [-0.05, 0) is 24.3 Å². The average Bonchev–Trinajstić information content (AvgIpc) is 3.30. The van der Waals surface area contributed by atoms with Crippen molar-refractivity contribution < 1.29 is 9.45 Å². The van der Waals surface area contributed by atoms with Crippen LogP contribution in [-0.4, -0.2) is 71.6 Å². The molecule has 1 fully saturated rings. The zero-order chi connectivity index (χ0) is 22.6. The lowest BCUT2D eigenvalue weighted by molar-refractivity contribution is 0.102. The fraction of sp³-hybridized carbons (Fsp3) is 0.227. The molecule has 3 aromatic heterocycles. The second-order valence-electron chi connectivity index (χ2n) is 7.62. The molecule has 4 aromatic rings. The average molecular weight is 459 g/mol. The molecular formula is C22H22BN7O2S. The van der Waals surface area contributed by atoms with Crippen LogP contribution in [0.4, 0.5) is 11.4 Å². The van der Waals surface area contributed by atoms with E-state index in [-0.39, 0.29) is 11.6 Å². The Morgan fingerprint density at radius 2 is 1.94 bits per heavy atom. The van der Waals surface area contributed by atoms with Crippen LogP contribution in [0.25, 0.3) is 21.0 Å². The van der Waals surface area contributed by atoms with Crippen molar-refractivity contribution in [3.63, 3.8) is 0 Å². The van der Waals surface area contributed by atoms with Gasteiger partial charge in [0.1, 0.15) is 5.69 Å². The number of nitrogens with one attached hydrogen (secondary N) is 1. The number of nitrogens with zero attached hydrogens (tertiary/aromatic N) is 6. The van der Waals surface area contributed by atoms with Crippen LogP contribution in [0.2, 0.25) is 0 Å². The van der Waals surface area contributed by atoms with Crippen LogP contribution >= 0.6 is 11.3 Å². The van der Waals surface area contributed by atoms with Crippen molar-refractivity contribution in [1.82, 2.24) is 24.7 Å². The van der Waals surface area contributed by atoms with E-state index < -0.39 is 0 Å². The smallest absolute Gasteiger partial charge is 0.363 e. The van der Waals surface area contributed by atoms with Gasteiger partial charge >= 0.3 is 7.62 Å². The lowest BCUT2D eigenvalue weighted by atomic mass is 10.1. The van der Waals surface area contributed by atoms with Crippen molar-refractivity contribution in [3.05, 3.63) is 60.7 Å². The molecule has 0 radical (unpaired) electrons. The van der Waals surface area contributed by atoms with E-state index in [2.05, 4.69) is 35.0 Å². The second-order valence-corrected chi connectivity index (χ2v) is 8.65. The number of hydrogen-bond acceptors (Lipinski definition) is 9. The Balaban J connectivity index is 1.34. The maximum Gasteiger partial charge on any atom is 0.363 e. The lowest BCUT2D eigenvalue weighted by Crippen LogP contribution is -2.48. The van der Waals surface area contributed by atoms with E-state index in [0.29, 0.717) is 24.1 Å². The Kier molecular flexibility index (Phi) is 6.25. The Morgan fingerprint density at radius 1 is 1.09 bits per heavy atom. The van der Waals surface area contributed by atoms with E-state index in [0.717, 1.165) is 42.1 Å². The largest absolute Gasteiger partial charge is 0.427 e. The summed E-state index contributed by atoms with van der Waals surface area (Å²) >= 11 is 1.50. The first kappa shape index (κ1) is 21.4. The quantitative estimate of drug-likeness (QED) is 0.440. The zero-order valence-corrected chi connectivity index (χ0v) is 19.0. The predicted octanol–water partition coefficient (Wildman–Crippen LogP) is 2.44. The highest BCUT2D eigenvalue weighted by Gasteiger charge is 2.21. The highest BCUT2D eigenvalue weighted by atomic mass is 32.1. The van der Waals surface area contributed by atoms with E-state index in [4.69, 9.17) is 4.65 Å². The van der Waals surface area contributed by atoms with E-state index >= 15 is 0 Å². The molecule has 1 aliphatic heterocycles. The standard InChI is InChI=1S/C22H22BN7O2S/c1-32-23-30-12-10-29(11-13-30)18-7-8-24-14-17(18)27-21(31)16-6-9-25-20(26-16)22-28-15-4-2-3-5-19(15)33-22/h2-9,14,23H,10-13H2,1H3,(H,27,31). The third-order valence-corrected chi connectivity index (χ3v) is 6.48. The van der Waals surface area contributed by atoms with Gasteiger partial charge in [0.25, 0.3) is 5.91 Å². The van der Waals surface area contributed by atoms with Crippen LogP contribution in [0, 0.1) is 0 Å². The molecule has 33 heavy (non-hydrogen) atoms. The van der Waals surface area contributed by atoms with Gasteiger partial charge in [0.2, 0.25) is 0 Å². The van der Waals surface area contributed by atoms with Gasteiger partial charge in [0, 0.05) is 45.7 Å². The number of rotatable bonds is 6. The number of anilines is 2. The number of thiazole rings is 1. The van der Waals surface area contributed by atoms with Gasteiger partial charge in [-0.3, -0.25) is 9.78 Å². The SMILES string of the molecule is COBN1CCN(c2ccncc2NC(=O)c2ccnc(-c3nc4ccccc4s3)n2)CC1. The fourth-order valence-corrected chi connectivity index (χ4v) is 4.71. The Morgan fingerprint density at radius 3 is 2.76 bits per heavy atom. The molecule has 9 nitrogen and oxygen atoms in total. The molecule has 4 heterocycles. The Bertz CT molecular complexity index is 1240. The third-order valence-electron chi connectivity index (χ3n) is 5.44. The summed E-state index contributed by atoms with van der Waals surface area (Å²) in [4.78, 5) is 35.2. The molecule has 0 saturated carbocycles. The molecule has 0 aliphatic carbocycles. The molecule has 0 bridgehead atoms. The summed E-state index contributed by atoms with van der Waals surface area (Å²) in [6, 6.07) is 11.4. The summed E-state index contributed by atoms with van der Waals surface area (Å²) in [5.74, 6) is 0.122. The summed E-state index contributed by atoms with van der Waals surface area (Å²) in [6.45, 7) is 3.46. The first-order valence-corrected chi connectivity index (χ1v) is 11.4. The number of aromatic nitrogens is 4. The van der Waals surface area contributed by atoms with E-state index in [1.165, 1.54) is 11.3 Å². The molecule has 166 valence electrons. The molecule has 0 unspecified atom stereocenters. The van der Waals surface area contributed by atoms with Crippen LogP contribution in [0.1, 0.15) is 10.5 Å². The van der Waals surface area contributed by atoms with Gasteiger partial charge in [-0.2, -0.15) is 0 Å². The third kappa shape index (κ3) is 4.70. The summed E-state index contributed by atoms with van der Waals surface area (Å²) in [6.07, 6.45) is 5.00. The van der Waals surface area contributed by atoms with E-state index in [9.17, 15) is 4.79 Å². The molecule has 0 atom stereocenters. The highest BCUT2D eigenvalue weighted by Crippen LogP contribution is 2.28. The number of pyridine rings is 1. The van der Waals surface area contributed by atoms with Crippen LogP contribution < -0.4 is 10.2 Å². The van der Waals surface area contributed by atoms with Crippen LogP contribution in [0.3, 0.4) is 0 Å². The molecular weight excluding hydrogens is 437 g/mol. The molecule has 5 rings (SSSR count). The molecule has 1 saturated heterocycles. The summed E-state index contributed by atoms with van der Waals surface area (Å²) in [7, 11) is 2.33. The Labute approximate surface area is 195 Å². The topological polar surface area (TPSA) is 96.4 Å². The van der Waals surface area contributed by atoms with Crippen molar-refractivity contribution in [2.75, 3.05) is 43.5 Å². The molecule has 1 aliphatic rings. The number of para-hydroxylation sites is 1. The Hall–Kier alpha value is -3.41. The van der Waals surface area contributed by atoms with Gasteiger partial charge in [-0.15, -0.1) is 11.3 Å². The van der Waals surface area contributed by atoms with Crippen molar-refractivity contribution in [2.24, 2.45) is 0 Å².